The fraction of sp³-hybridized carbons (Fsp3) is 0.667. The predicted octanol–water partition coefficient (Wildman–Crippen LogP) is 5.47. The van der Waals surface area contributed by atoms with E-state index in [1.807, 2.05) is 0 Å². The molecule has 1 aromatic carbocycles. The Labute approximate surface area is 112 Å². The molecule has 2 aliphatic carbocycles. The van der Waals surface area contributed by atoms with Gasteiger partial charge >= 0.3 is 0 Å². The summed E-state index contributed by atoms with van der Waals surface area (Å²) in [6, 6.07) is 11.5. The lowest BCUT2D eigenvalue weighted by Crippen LogP contribution is -2.38. The summed E-state index contributed by atoms with van der Waals surface area (Å²) in [5, 5.41) is 0. The van der Waals surface area contributed by atoms with E-state index in [1.165, 1.54) is 64.2 Å². The molecule has 0 aliphatic heterocycles. The Morgan fingerprint density at radius 2 is 1.33 bits per heavy atom. The van der Waals surface area contributed by atoms with Crippen LogP contribution in [0.3, 0.4) is 0 Å². The van der Waals surface area contributed by atoms with Crippen molar-refractivity contribution in [1.29, 1.82) is 0 Å². The first-order chi connectivity index (χ1) is 8.92. The van der Waals surface area contributed by atoms with Crippen molar-refractivity contribution in [3.8, 4) is 0 Å². The summed E-state index contributed by atoms with van der Waals surface area (Å²) >= 11 is 0. The van der Waals surface area contributed by atoms with Crippen molar-refractivity contribution >= 4 is 0 Å². The zero-order chi connectivity index (χ0) is 12.3. The summed E-state index contributed by atoms with van der Waals surface area (Å²) in [5.41, 5.74) is 2.19. The van der Waals surface area contributed by atoms with Crippen LogP contribution in [0.2, 0.25) is 0 Å². The molecule has 3 rings (SSSR count). The van der Waals surface area contributed by atoms with E-state index < -0.39 is 0 Å². The van der Waals surface area contributed by atoms with Crippen molar-refractivity contribution in [2.24, 2.45) is 5.92 Å². The van der Waals surface area contributed by atoms with Gasteiger partial charge in [0.1, 0.15) is 0 Å². The van der Waals surface area contributed by atoms with Crippen molar-refractivity contribution in [2.45, 2.75) is 69.6 Å². The molecular formula is C18H26. The smallest absolute Gasteiger partial charge is 0.00188 e. The molecule has 0 saturated heterocycles. The maximum atomic E-state index is 2.40. The molecule has 2 aliphatic rings. The van der Waals surface area contributed by atoms with Gasteiger partial charge in [0.25, 0.3) is 0 Å². The number of hydrogen-bond donors (Lipinski definition) is 0. The molecule has 0 unspecified atom stereocenters. The van der Waals surface area contributed by atoms with Gasteiger partial charge in [-0.1, -0.05) is 68.9 Å². The normalized spacial score (nSPS) is 24.9. The van der Waals surface area contributed by atoms with Gasteiger partial charge in [-0.15, -0.1) is 0 Å². The van der Waals surface area contributed by atoms with Gasteiger partial charge in [0.2, 0.25) is 0 Å². The monoisotopic (exact) mass is 242 g/mol. The summed E-state index contributed by atoms with van der Waals surface area (Å²) in [4.78, 5) is 0. The topological polar surface area (TPSA) is 0 Å². The summed E-state index contributed by atoms with van der Waals surface area (Å²) in [6.07, 6.45) is 14.6. The van der Waals surface area contributed by atoms with Crippen molar-refractivity contribution < 1.29 is 0 Å². The Bertz CT molecular complexity index is 353. The highest BCUT2D eigenvalue weighted by Crippen LogP contribution is 2.49. The maximum Gasteiger partial charge on any atom is -0.00188 e. The highest BCUT2D eigenvalue weighted by molar-refractivity contribution is 5.27. The van der Waals surface area contributed by atoms with E-state index in [0.29, 0.717) is 5.41 Å². The van der Waals surface area contributed by atoms with Crippen LogP contribution in [0.5, 0.6) is 0 Å². The Hall–Kier alpha value is -0.780. The Morgan fingerprint density at radius 3 is 2.00 bits per heavy atom. The van der Waals surface area contributed by atoms with Crippen LogP contribution < -0.4 is 0 Å². The minimum atomic E-state index is 0.542. The molecule has 98 valence electrons. The van der Waals surface area contributed by atoms with Gasteiger partial charge in [-0.3, -0.25) is 0 Å². The second kappa shape index (κ2) is 5.47. The van der Waals surface area contributed by atoms with Gasteiger partial charge < -0.3 is 0 Å². The van der Waals surface area contributed by atoms with Crippen LogP contribution in [0.25, 0.3) is 0 Å². The fourth-order valence-corrected chi connectivity index (χ4v) is 4.54. The molecule has 0 aromatic heterocycles. The molecule has 0 radical (unpaired) electrons. The van der Waals surface area contributed by atoms with Crippen molar-refractivity contribution in [3.05, 3.63) is 35.9 Å². The third kappa shape index (κ3) is 2.22. The standard InChI is InChI=1S/C18H26/c1-4-10-16(11-5-1)18(14-8-3-9-15-18)17-12-6-2-7-13-17/h1,4-5,10-11,17H,2-3,6-9,12-15H2. The molecule has 0 amide bonds. The van der Waals surface area contributed by atoms with E-state index in [1.54, 1.807) is 5.56 Å². The average molecular weight is 242 g/mol. The summed E-state index contributed by atoms with van der Waals surface area (Å²) < 4.78 is 0. The van der Waals surface area contributed by atoms with Crippen LogP contribution in [-0.4, -0.2) is 0 Å². The van der Waals surface area contributed by atoms with Crippen molar-refractivity contribution in [1.82, 2.24) is 0 Å². The molecule has 0 bridgehead atoms. The first-order valence-electron chi connectivity index (χ1n) is 7.97. The minimum Gasteiger partial charge on any atom is -0.0622 e. The van der Waals surface area contributed by atoms with E-state index >= 15 is 0 Å². The first-order valence-corrected chi connectivity index (χ1v) is 7.97. The van der Waals surface area contributed by atoms with Gasteiger partial charge in [0.15, 0.2) is 0 Å². The lowest BCUT2D eigenvalue weighted by atomic mass is 9.58. The van der Waals surface area contributed by atoms with Crippen molar-refractivity contribution in [3.63, 3.8) is 0 Å². The predicted molar refractivity (Wildman–Crippen MR) is 77.8 cm³/mol. The fourth-order valence-electron chi connectivity index (χ4n) is 4.54. The Balaban J connectivity index is 1.92. The third-order valence-corrected chi connectivity index (χ3v) is 5.48. The van der Waals surface area contributed by atoms with Crippen LogP contribution in [0, 0.1) is 5.92 Å². The molecule has 0 spiro atoms. The zero-order valence-corrected chi connectivity index (χ0v) is 11.5. The Kier molecular flexibility index (Phi) is 3.72. The second-order valence-electron chi connectivity index (χ2n) is 6.42. The van der Waals surface area contributed by atoms with Crippen LogP contribution in [0.4, 0.5) is 0 Å². The van der Waals surface area contributed by atoms with Gasteiger partial charge in [-0.2, -0.15) is 0 Å². The lowest BCUT2D eigenvalue weighted by Gasteiger charge is -2.46. The van der Waals surface area contributed by atoms with Crippen LogP contribution >= 0.6 is 0 Å². The molecule has 2 fully saturated rings. The largest absolute Gasteiger partial charge is 0.0622 e. The first kappa shape index (κ1) is 12.3. The third-order valence-electron chi connectivity index (χ3n) is 5.48. The molecule has 0 heterocycles. The highest BCUT2D eigenvalue weighted by Gasteiger charge is 2.41. The molecule has 0 atom stereocenters. The van der Waals surface area contributed by atoms with Crippen LogP contribution in [-0.2, 0) is 5.41 Å². The van der Waals surface area contributed by atoms with E-state index in [0.717, 1.165) is 5.92 Å². The van der Waals surface area contributed by atoms with Crippen molar-refractivity contribution in [2.75, 3.05) is 0 Å². The van der Waals surface area contributed by atoms with E-state index in [-0.39, 0.29) is 0 Å². The molecule has 0 heteroatoms. The summed E-state index contributed by atoms with van der Waals surface area (Å²) in [7, 11) is 0. The van der Waals surface area contributed by atoms with Crippen LogP contribution in [0.1, 0.15) is 69.8 Å². The van der Waals surface area contributed by atoms with Gasteiger partial charge in [0.05, 0.1) is 0 Å². The second-order valence-corrected chi connectivity index (χ2v) is 6.42. The average Bonchev–Trinajstić information content (AvgIpc) is 2.50. The maximum absolute atomic E-state index is 2.40. The van der Waals surface area contributed by atoms with E-state index in [2.05, 4.69) is 30.3 Å². The highest BCUT2D eigenvalue weighted by atomic mass is 14.4. The van der Waals surface area contributed by atoms with E-state index in [9.17, 15) is 0 Å². The van der Waals surface area contributed by atoms with Gasteiger partial charge in [0, 0.05) is 0 Å². The summed E-state index contributed by atoms with van der Waals surface area (Å²) in [6.45, 7) is 0. The molecular weight excluding hydrogens is 216 g/mol. The molecule has 0 N–H and O–H groups in total. The number of rotatable bonds is 2. The molecule has 18 heavy (non-hydrogen) atoms. The SMILES string of the molecule is c1ccc(C2(C3CCCCC3)CCCCC2)cc1. The quantitative estimate of drug-likeness (QED) is 0.645. The molecule has 0 nitrogen and oxygen atoms in total. The molecule has 1 aromatic rings. The number of hydrogen-bond acceptors (Lipinski definition) is 0. The lowest BCUT2D eigenvalue weighted by molar-refractivity contribution is 0.148. The Morgan fingerprint density at radius 1 is 0.722 bits per heavy atom. The zero-order valence-electron chi connectivity index (χ0n) is 11.5. The number of benzene rings is 1. The van der Waals surface area contributed by atoms with Gasteiger partial charge in [-0.05, 0) is 42.6 Å². The summed E-state index contributed by atoms with van der Waals surface area (Å²) in [5.74, 6) is 0.967. The minimum absolute atomic E-state index is 0.542. The van der Waals surface area contributed by atoms with Crippen LogP contribution in [0.15, 0.2) is 30.3 Å². The van der Waals surface area contributed by atoms with E-state index in [4.69, 9.17) is 0 Å². The van der Waals surface area contributed by atoms with Gasteiger partial charge in [-0.25, -0.2) is 0 Å². The molecule has 2 saturated carbocycles.